The van der Waals surface area contributed by atoms with Gasteiger partial charge in [0.25, 0.3) is 5.91 Å². The molecule has 29 heavy (non-hydrogen) atoms. The van der Waals surface area contributed by atoms with Crippen LogP contribution in [0.25, 0.3) is 0 Å². The predicted molar refractivity (Wildman–Crippen MR) is 115 cm³/mol. The molecule has 1 aromatic carbocycles. The highest BCUT2D eigenvalue weighted by Gasteiger charge is 2.34. The Morgan fingerprint density at radius 2 is 1.83 bits per heavy atom. The third-order valence-corrected chi connectivity index (χ3v) is 8.81. The number of rotatable bonds is 5. The van der Waals surface area contributed by atoms with Crippen LogP contribution in [0.5, 0.6) is 0 Å². The van der Waals surface area contributed by atoms with Crippen LogP contribution in [0, 0.1) is 0 Å². The minimum absolute atomic E-state index is 0.0565. The summed E-state index contributed by atoms with van der Waals surface area (Å²) in [6, 6.07) is 12.5. The third kappa shape index (κ3) is 3.66. The summed E-state index contributed by atoms with van der Waals surface area (Å²) >= 11 is 3.40. The summed E-state index contributed by atoms with van der Waals surface area (Å²) in [5.74, 6) is -0.0700. The number of sulfonamides is 1. The van der Waals surface area contributed by atoms with Crippen LogP contribution in [0.3, 0.4) is 0 Å². The minimum Gasteiger partial charge on any atom is -0.326 e. The second-order valence-corrected chi connectivity index (χ2v) is 11.1. The summed E-state index contributed by atoms with van der Waals surface area (Å²) in [4.78, 5) is 17.9. The Balaban J connectivity index is 1.43. The van der Waals surface area contributed by atoms with Gasteiger partial charge in [0.15, 0.2) is 0 Å². The van der Waals surface area contributed by atoms with E-state index in [2.05, 4.69) is 22.2 Å². The molecule has 0 unspecified atom stereocenters. The van der Waals surface area contributed by atoms with Gasteiger partial charge in [-0.2, -0.15) is 0 Å². The number of amides is 1. The number of thiophene rings is 2. The van der Waals surface area contributed by atoms with Crippen molar-refractivity contribution < 1.29 is 13.2 Å². The zero-order valence-corrected chi connectivity index (χ0v) is 18.0. The number of carbonyl (C=O) groups excluding carboxylic acids is 1. The van der Waals surface area contributed by atoms with Crippen LogP contribution >= 0.6 is 22.7 Å². The summed E-state index contributed by atoms with van der Waals surface area (Å²) in [7, 11) is -3.51. The van der Waals surface area contributed by atoms with E-state index in [1.807, 2.05) is 16.3 Å². The fourth-order valence-electron chi connectivity index (χ4n) is 3.72. The fraction of sp³-hybridized carbons (Fsp3) is 0.286. The molecule has 2 aliphatic rings. The first-order valence-corrected chi connectivity index (χ1v) is 12.8. The van der Waals surface area contributed by atoms with Crippen molar-refractivity contribution in [2.24, 2.45) is 0 Å². The van der Waals surface area contributed by atoms with E-state index >= 15 is 0 Å². The van der Waals surface area contributed by atoms with Crippen molar-refractivity contribution in [1.82, 2.24) is 9.62 Å². The monoisotopic (exact) mass is 444 g/mol. The van der Waals surface area contributed by atoms with Gasteiger partial charge in [-0.3, -0.25) is 4.79 Å². The summed E-state index contributed by atoms with van der Waals surface area (Å²) in [5.41, 5.74) is 1.71. The van der Waals surface area contributed by atoms with E-state index in [1.165, 1.54) is 22.6 Å². The van der Waals surface area contributed by atoms with E-state index in [4.69, 9.17) is 0 Å². The van der Waals surface area contributed by atoms with Crippen LogP contribution in [0.15, 0.2) is 58.1 Å². The normalized spacial score (nSPS) is 19.2. The highest BCUT2D eigenvalue weighted by atomic mass is 32.2. The van der Waals surface area contributed by atoms with Crippen LogP contribution in [0.2, 0.25) is 0 Å². The molecule has 0 saturated heterocycles. The summed E-state index contributed by atoms with van der Waals surface area (Å²) in [5, 5.41) is 4.12. The Hall–Kier alpha value is -2.00. The summed E-state index contributed by atoms with van der Waals surface area (Å²) in [6.45, 7) is 0.651. The van der Waals surface area contributed by atoms with Crippen molar-refractivity contribution in [1.29, 1.82) is 0 Å². The Kier molecular flexibility index (Phi) is 4.82. The lowest BCUT2D eigenvalue weighted by Crippen LogP contribution is -2.39. The maximum Gasteiger partial charge on any atom is 0.254 e. The molecular weight excluding hydrogens is 424 g/mol. The van der Waals surface area contributed by atoms with E-state index in [1.54, 1.807) is 34.8 Å². The Morgan fingerprint density at radius 3 is 2.52 bits per heavy atom. The van der Waals surface area contributed by atoms with Crippen molar-refractivity contribution in [3.05, 3.63) is 74.1 Å². The molecule has 3 heterocycles. The van der Waals surface area contributed by atoms with Gasteiger partial charge in [0.1, 0.15) is 0 Å². The Morgan fingerprint density at radius 1 is 1.03 bits per heavy atom. The molecule has 1 N–H and O–H groups in total. The van der Waals surface area contributed by atoms with Gasteiger partial charge < -0.3 is 4.90 Å². The van der Waals surface area contributed by atoms with E-state index in [-0.39, 0.29) is 22.9 Å². The van der Waals surface area contributed by atoms with Crippen molar-refractivity contribution >= 4 is 38.6 Å². The standard InChI is InChI=1S/C21H20N2O3S3/c24-21(14-3-7-16(8-4-14)29(25,26)22-15-5-6-15)23-11-9-18-17(10-13-28-18)20(23)19-2-1-12-27-19/h1-4,7-8,10,12-13,15,20,22H,5-6,9,11H2/t20-/m1/s1. The van der Waals surface area contributed by atoms with Gasteiger partial charge in [-0.05, 0) is 72.0 Å². The molecule has 1 aliphatic heterocycles. The van der Waals surface area contributed by atoms with Gasteiger partial charge in [0.05, 0.1) is 10.9 Å². The zero-order chi connectivity index (χ0) is 20.0. The lowest BCUT2D eigenvalue weighted by molar-refractivity contribution is 0.0698. The van der Waals surface area contributed by atoms with Gasteiger partial charge in [0, 0.05) is 27.9 Å². The highest BCUT2D eigenvalue weighted by molar-refractivity contribution is 7.89. The van der Waals surface area contributed by atoms with Crippen molar-refractivity contribution in [2.45, 2.75) is 36.2 Å². The maximum absolute atomic E-state index is 13.4. The highest BCUT2D eigenvalue weighted by Crippen LogP contribution is 2.40. The van der Waals surface area contributed by atoms with Gasteiger partial charge in [-0.25, -0.2) is 13.1 Å². The van der Waals surface area contributed by atoms with Crippen molar-refractivity contribution in [3.63, 3.8) is 0 Å². The van der Waals surface area contributed by atoms with Gasteiger partial charge in [0.2, 0.25) is 10.0 Å². The summed E-state index contributed by atoms with van der Waals surface area (Å²) in [6.07, 6.45) is 2.62. The number of hydrogen-bond acceptors (Lipinski definition) is 5. The Bertz CT molecular complexity index is 1130. The molecular formula is C21H20N2O3S3. The minimum atomic E-state index is -3.51. The second-order valence-electron chi connectivity index (χ2n) is 7.39. The lowest BCUT2D eigenvalue weighted by atomic mass is 9.97. The van der Waals surface area contributed by atoms with Crippen LogP contribution in [0.1, 0.15) is 44.6 Å². The van der Waals surface area contributed by atoms with Gasteiger partial charge >= 0.3 is 0 Å². The molecule has 3 aromatic rings. The molecule has 1 saturated carbocycles. The fourth-order valence-corrected chi connectivity index (χ4v) is 6.78. The van der Waals surface area contributed by atoms with Gasteiger partial charge in [-0.15, -0.1) is 22.7 Å². The molecule has 0 spiro atoms. The lowest BCUT2D eigenvalue weighted by Gasteiger charge is -2.35. The van der Waals surface area contributed by atoms with Gasteiger partial charge in [-0.1, -0.05) is 6.07 Å². The molecule has 1 fully saturated rings. The molecule has 1 aliphatic carbocycles. The first-order valence-electron chi connectivity index (χ1n) is 9.56. The topological polar surface area (TPSA) is 66.5 Å². The average Bonchev–Trinajstić information content (AvgIpc) is 3.19. The van der Waals surface area contributed by atoms with E-state index in [0.29, 0.717) is 12.1 Å². The smallest absolute Gasteiger partial charge is 0.254 e. The molecule has 1 amide bonds. The largest absolute Gasteiger partial charge is 0.326 e. The second kappa shape index (κ2) is 7.36. The number of hydrogen-bond donors (Lipinski definition) is 1. The van der Waals surface area contributed by atoms with Crippen molar-refractivity contribution in [2.75, 3.05) is 6.54 Å². The quantitative estimate of drug-likeness (QED) is 0.646. The molecule has 1 atom stereocenters. The number of carbonyl (C=O) groups is 1. The molecule has 8 heteroatoms. The molecule has 0 radical (unpaired) electrons. The van der Waals surface area contributed by atoms with Crippen LogP contribution in [-0.4, -0.2) is 31.8 Å². The number of benzene rings is 1. The first kappa shape index (κ1) is 19.0. The summed E-state index contributed by atoms with van der Waals surface area (Å²) < 4.78 is 27.4. The Labute approximate surface area is 178 Å². The first-order chi connectivity index (χ1) is 14.0. The predicted octanol–water partition coefficient (Wildman–Crippen LogP) is 4.04. The van der Waals surface area contributed by atoms with E-state index < -0.39 is 10.0 Å². The van der Waals surface area contributed by atoms with E-state index in [0.717, 1.165) is 24.1 Å². The molecule has 0 bridgehead atoms. The molecule has 2 aromatic heterocycles. The molecule has 5 rings (SSSR count). The number of nitrogens with one attached hydrogen (secondary N) is 1. The maximum atomic E-state index is 13.4. The molecule has 5 nitrogen and oxygen atoms in total. The zero-order valence-electron chi connectivity index (χ0n) is 15.6. The average molecular weight is 445 g/mol. The third-order valence-electron chi connectivity index (χ3n) is 5.35. The van der Waals surface area contributed by atoms with Crippen molar-refractivity contribution in [3.8, 4) is 0 Å². The molecule has 150 valence electrons. The number of fused-ring (bicyclic) bond motifs is 1. The number of nitrogens with zero attached hydrogens (tertiary/aromatic N) is 1. The van der Waals surface area contributed by atoms with E-state index in [9.17, 15) is 13.2 Å². The SMILES string of the molecule is O=C(c1ccc(S(=O)(=O)NC2CC2)cc1)N1CCc2sccc2[C@@H]1c1cccs1. The van der Waals surface area contributed by atoms with Crippen LogP contribution in [-0.2, 0) is 16.4 Å². The van der Waals surface area contributed by atoms with Crippen LogP contribution in [0.4, 0.5) is 0 Å². The van der Waals surface area contributed by atoms with Crippen LogP contribution < -0.4 is 4.72 Å².